The molecule has 2 heteroatoms. The lowest BCUT2D eigenvalue weighted by Gasteiger charge is -2.24. The Kier molecular flexibility index (Phi) is 5.82. The van der Waals surface area contributed by atoms with Crippen molar-refractivity contribution in [3.63, 3.8) is 0 Å². The van der Waals surface area contributed by atoms with Gasteiger partial charge in [-0.1, -0.05) is 55.5 Å². The Balaban J connectivity index is 2.15. The van der Waals surface area contributed by atoms with Gasteiger partial charge in [-0.05, 0) is 31.9 Å². The fourth-order valence-corrected chi connectivity index (χ4v) is 2.65. The molecular formula is C19H25NO. The molecule has 0 aromatic heterocycles. The standard InChI is InChI=1S/C19H25NO/c1-4-18(16-11-7-6-8-12-16)20-15(3)17-13-9-10-14-19(17)21-5-2/h6-15,18,20H,4-5H2,1-3H3. The summed E-state index contributed by atoms with van der Waals surface area (Å²) in [5.41, 5.74) is 2.55. The van der Waals surface area contributed by atoms with Crippen molar-refractivity contribution in [2.45, 2.75) is 39.3 Å². The fraction of sp³-hybridized carbons (Fsp3) is 0.368. The molecule has 0 aliphatic rings. The van der Waals surface area contributed by atoms with E-state index in [9.17, 15) is 0 Å². The molecule has 0 bridgehead atoms. The van der Waals surface area contributed by atoms with Crippen LogP contribution in [0.5, 0.6) is 5.75 Å². The molecule has 0 saturated heterocycles. The van der Waals surface area contributed by atoms with Gasteiger partial charge in [0.2, 0.25) is 0 Å². The molecule has 0 radical (unpaired) electrons. The number of nitrogens with one attached hydrogen (secondary N) is 1. The maximum atomic E-state index is 5.74. The quantitative estimate of drug-likeness (QED) is 0.781. The van der Waals surface area contributed by atoms with Crippen LogP contribution >= 0.6 is 0 Å². The van der Waals surface area contributed by atoms with Crippen LogP contribution in [0.4, 0.5) is 0 Å². The third kappa shape index (κ3) is 4.08. The van der Waals surface area contributed by atoms with Gasteiger partial charge in [0, 0.05) is 17.6 Å². The van der Waals surface area contributed by atoms with Gasteiger partial charge in [-0.3, -0.25) is 0 Å². The van der Waals surface area contributed by atoms with Crippen molar-refractivity contribution in [2.75, 3.05) is 6.61 Å². The van der Waals surface area contributed by atoms with Crippen molar-refractivity contribution in [1.82, 2.24) is 5.32 Å². The van der Waals surface area contributed by atoms with E-state index in [-0.39, 0.29) is 6.04 Å². The number of hydrogen-bond donors (Lipinski definition) is 1. The number of para-hydroxylation sites is 1. The summed E-state index contributed by atoms with van der Waals surface area (Å²) in [6.45, 7) is 7.13. The van der Waals surface area contributed by atoms with Gasteiger partial charge in [-0.15, -0.1) is 0 Å². The van der Waals surface area contributed by atoms with Gasteiger partial charge < -0.3 is 10.1 Å². The summed E-state index contributed by atoms with van der Waals surface area (Å²) >= 11 is 0. The predicted octanol–water partition coefficient (Wildman–Crippen LogP) is 4.89. The van der Waals surface area contributed by atoms with E-state index in [4.69, 9.17) is 4.74 Å². The van der Waals surface area contributed by atoms with E-state index in [0.717, 1.165) is 12.2 Å². The van der Waals surface area contributed by atoms with Crippen molar-refractivity contribution in [1.29, 1.82) is 0 Å². The molecule has 0 amide bonds. The Morgan fingerprint density at radius 3 is 2.29 bits per heavy atom. The first kappa shape index (κ1) is 15.6. The highest BCUT2D eigenvalue weighted by Gasteiger charge is 2.16. The van der Waals surface area contributed by atoms with Gasteiger partial charge >= 0.3 is 0 Å². The second kappa shape index (κ2) is 7.84. The van der Waals surface area contributed by atoms with Crippen molar-refractivity contribution in [3.05, 3.63) is 65.7 Å². The van der Waals surface area contributed by atoms with Crippen LogP contribution in [0, 0.1) is 0 Å². The van der Waals surface area contributed by atoms with Crippen LogP contribution in [-0.4, -0.2) is 6.61 Å². The molecule has 2 nitrogen and oxygen atoms in total. The molecule has 0 aliphatic heterocycles. The molecule has 0 fully saturated rings. The molecular weight excluding hydrogens is 258 g/mol. The zero-order chi connectivity index (χ0) is 15.1. The molecule has 2 aromatic carbocycles. The largest absolute Gasteiger partial charge is 0.494 e. The first-order valence-electron chi connectivity index (χ1n) is 7.79. The minimum absolute atomic E-state index is 0.248. The number of hydrogen-bond acceptors (Lipinski definition) is 2. The first-order valence-corrected chi connectivity index (χ1v) is 7.79. The van der Waals surface area contributed by atoms with Gasteiger partial charge in [0.05, 0.1) is 6.61 Å². The van der Waals surface area contributed by atoms with Crippen LogP contribution in [0.2, 0.25) is 0 Å². The Hall–Kier alpha value is -1.80. The van der Waals surface area contributed by atoms with Gasteiger partial charge in [0.1, 0.15) is 5.75 Å². The lowest BCUT2D eigenvalue weighted by Crippen LogP contribution is -2.24. The molecule has 2 aromatic rings. The van der Waals surface area contributed by atoms with Crippen LogP contribution in [0.25, 0.3) is 0 Å². The average Bonchev–Trinajstić information content (AvgIpc) is 2.54. The topological polar surface area (TPSA) is 21.3 Å². The van der Waals surface area contributed by atoms with E-state index in [0.29, 0.717) is 12.6 Å². The smallest absolute Gasteiger partial charge is 0.124 e. The molecule has 112 valence electrons. The maximum absolute atomic E-state index is 5.74. The zero-order valence-corrected chi connectivity index (χ0v) is 13.2. The summed E-state index contributed by atoms with van der Waals surface area (Å²) in [4.78, 5) is 0. The number of benzene rings is 2. The second-order valence-corrected chi connectivity index (χ2v) is 5.23. The van der Waals surface area contributed by atoms with E-state index in [1.54, 1.807) is 0 Å². The minimum Gasteiger partial charge on any atom is -0.494 e. The lowest BCUT2D eigenvalue weighted by molar-refractivity contribution is 0.329. The highest BCUT2D eigenvalue weighted by atomic mass is 16.5. The third-order valence-corrected chi connectivity index (χ3v) is 3.75. The van der Waals surface area contributed by atoms with Crippen molar-refractivity contribution in [3.8, 4) is 5.75 Å². The van der Waals surface area contributed by atoms with Crippen molar-refractivity contribution < 1.29 is 4.74 Å². The van der Waals surface area contributed by atoms with Crippen LogP contribution in [-0.2, 0) is 0 Å². The average molecular weight is 283 g/mol. The predicted molar refractivity (Wildman–Crippen MR) is 88.6 cm³/mol. The molecule has 0 saturated carbocycles. The van der Waals surface area contributed by atoms with E-state index in [1.165, 1.54) is 11.1 Å². The summed E-state index contributed by atoms with van der Waals surface area (Å²) in [5.74, 6) is 0.975. The van der Waals surface area contributed by atoms with Gasteiger partial charge in [0.25, 0.3) is 0 Å². The summed E-state index contributed by atoms with van der Waals surface area (Å²) in [7, 11) is 0. The van der Waals surface area contributed by atoms with Crippen LogP contribution < -0.4 is 10.1 Å². The molecule has 21 heavy (non-hydrogen) atoms. The van der Waals surface area contributed by atoms with Gasteiger partial charge in [-0.25, -0.2) is 0 Å². The Morgan fingerprint density at radius 1 is 0.952 bits per heavy atom. The monoisotopic (exact) mass is 283 g/mol. The first-order chi connectivity index (χ1) is 10.3. The highest BCUT2D eigenvalue weighted by Crippen LogP contribution is 2.28. The molecule has 0 spiro atoms. The zero-order valence-electron chi connectivity index (χ0n) is 13.2. The summed E-state index contributed by atoms with van der Waals surface area (Å²) < 4.78 is 5.74. The molecule has 2 atom stereocenters. The highest BCUT2D eigenvalue weighted by molar-refractivity contribution is 5.36. The Labute approximate surface area is 128 Å². The normalized spacial score (nSPS) is 13.7. The van der Waals surface area contributed by atoms with Crippen LogP contribution in [0.15, 0.2) is 54.6 Å². The molecule has 2 rings (SSSR count). The summed E-state index contributed by atoms with van der Waals surface area (Å²) in [6, 6.07) is 19.5. The minimum atomic E-state index is 0.248. The number of ether oxygens (including phenoxy) is 1. The molecule has 2 unspecified atom stereocenters. The SMILES string of the molecule is CCOc1ccccc1C(C)NC(CC)c1ccccc1. The maximum Gasteiger partial charge on any atom is 0.124 e. The van der Waals surface area contributed by atoms with Crippen LogP contribution in [0.1, 0.15) is 50.4 Å². The molecule has 0 heterocycles. The van der Waals surface area contributed by atoms with Gasteiger partial charge in [0.15, 0.2) is 0 Å². The van der Waals surface area contributed by atoms with E-state index in [2.05, 4.69) is 61.6 Å². The Bertz CT molecular complexity index is 538. The van der Waals surface area contributed by atoms with E-state index < -0.39 is 0 Å². The van der Waals surface area contributed by atoms with E-state index >= 15 is 0 Å². The van der Waals surface area contributed by atoms with Crippen LogP contribution in [0.3, 0.4) is 0 Å². The summed E-state index contributed by atoms with van der Waals surface area (Å²) in [5, 5.41) is 3.72. The van der Waals surface area contributed by atoms with Crippen molar-refractivity contribution >= 4 is 0 Å². The second-order valence-electron chi connectivity index (χ2n) is 5.23. The van der Waals surface area contributed by atoms with Crippen molar-refractivity contribution in [2.24, 2.45) is 0 Å². The lowest BCUT2D eigenvalue weighted by atomic mass is 10.0. The number of rotatable bonds is 7. The fourth-order valence-electron chi connectivity index (χ4n) is 2.65. The van der Waals surface area contributed by atoms with Gasteiger partial charge in [-0.2, -0.15) is 0 Å². The molecule has 1 N–H and O–H groups in total. The third-order valence-electron chi connectivity index (χ3n) is 3.75. The Morgan fingerprint density at radius 2 is 1.62 bits per heavy atom. The van der Waals surface area contributed by atoms with E-state index in [1.807, 2.05) is 19.1 Å². The summed E-state index contributed by atoms with van der Waals surface area (Å²) in [6.07, 6.45) is 1.06. The molecule has 0 aliphatic carbocycles.